The first kappa shape index (κ1) is 14.6. The summed E-state index contributed by atoms with van der Waals surface area (Å²) < 4.78 is 0. The lowest BCUT2D eigenvalue weighted by Crippen LogP contribution is -2.42. The second-order valence-corrected chi connectivity index (χ2v) is 5.43. The highest BCUT2D eigenvalue weighted by Crippen LogP contribution is 2.11. The van der Waals surface area contributed by atoms with Crippen molar-refractivity contribution in [3.63, 3.8) is 0 Å². The average Bonchev–Trinajstić information content (AvgIpc) is 2.94. The number of hydrogen-bond donors (Lipinski definition) is 3. The number of nitrogens with one attached hydrogen (secondary N) is 1. The van der Waals surface area contributed by atoms with E-state index < -0.39 is 6.04 Å². The van der Waals surface area contributed by atoms with Crippen LogP contribution in [0.5, 0.6) is 5.75 Å². The van der Waals surface area contributed by atoms with Crippen molar-refractivity contribution in [1.29, 1.82) is 0 Å². The Bertz CT molecular complexity index is 538. The SMILES string of the molecule is N[C@@H](Cc1ccc(O)cc1)C(=O)NCCc1ccsc1. The molecule has 0 aliphatic carbocycles. The molecule has 0 radical (unpaired) electrons. The van der Waals surface area contributed by atoms with Gasteiger partial charge in [0.25, 0.3) is 0 Å². The van der Waals surface area contributed by atoms with Gasteiger partial charge in [-0.2, -0.15) is 11.3 Å². The number of aromatic hydroxyl groups is 1. The molecule has 0 bridgehead atoms. The van der Waals surface area contributed by atoms with E-state index in [-0.39, 0.29) is 11.7 Å². The van der Waals surface area contributed by atoms with Gasteiger partial charge in [-0.15, -0.1) is 0 Å². The summed E-state index contributed by atoms with van der Waals surface area (Å²) >= 11 is 1.65. The Balaban J connectivity index is 1.75. The van der Waals surface area contributed by atoms with Crippen molar-refractivity contribution in [2.75, 3.05) is 6.54 Å². The molecule has 106 valence electrons. The highest BCUT2D eigenvalue weighted by atomic mass is 32.1. The minimum Gasteiger partial charge on any atom is -0.508 e. The third kappa shape index (κ3) is 4.36. The van der Waals surface area contributed by atoms with Crippen LogP contribution < -0.4 is 11.1 Å². The number of amides is 1. The summed E-state index contributed by atoms with van der Waals surface area (Å²) in [6.07, 6.45) is 1.28. The Morgan fingerprint density at radius 2 is 2.00 bits per heavy atom. The molecule has 0 aliphatic heterocycles. The van der Waals surface area contributed by atoms with E-state index in [1.165, 1.54) is 5.56 Å². The largest absolute Gasteiger partial charge is 0.508 e. The molecular weight excluding hydrogens is 272 g/mol. The molecule has 1 aromatic carbocycles. The fraction of sp³-hybridized carbons (Fsp3) is 0.267. The zero-order valence-corrected chi connectivity index (χ0v) is 11.9. The Hall–Kier alpha value is -1.85. The number of nitrogens with two attached hydrogens (primary N) is 1. The first-order valence-corrected chi connectivity index (χ1v) is 7.41. The first-order valence-electron chi connectivity index (χ1n) is 6.47. The van der Waals surface area contributed by atoms with Gasteiger partial charge in [0.05, 0.1) is 6.04 Å². The summed E-state index contributed by atoms with van der Waals surface area (Å²) in [6, 6.07) is 8.21. The number of carbonyl (C=O) groups is 1. The zero-order valence-electron chi connectivity index (χ0n) is 11.1. The number of thiophene rings is 1. The molecule has 0 saturated heterocycles. The van der Waals surface area contributed by atoms with E-state index in [4.69, 9.17) is 5.73 Å². The maximum absolute atomic E-state index is 11.9. The van der Waals surface area contributed by atoms with Crippen LogP contribution in [0.15, 0.2) is 41.1 Å². The fourth-order valence-electron chi connectivity index (χ4n) is 1.87. The standard InChI is InChI=1S/C15H18N2O2S/c16-14(9-11-1-3-13(18)4-2-11)15(19)17-7-5-12-6-8-20-10-12/h1-4,6,8,10,14,18H,5,7,9,16H2,(H,17,19)/t14-/m0/s1. The Morgan fingerprint density at radius 1 is 1.25 bits per heavy atom. The van der Waals surface area contributed by atoms with E-state index in [0.29, 0.717) is 13.0 Å². The third-order valence-corrected chi connectivity index (χ3v) is 3.75. The quantitative estimate of drug-likeness (QED) is 0.757. The van der Waals surface area contributed by atoms with Gasteiger partial charge in [-0.05, 0) is 52.9 Å². The number of benzene rings is 1. The third-order valence-electron chi connectivity index (χ3n) is 3.02. The van der Waals surface area contributed by atoms with Crippen molar-refractivity contribution >= 4 is 17.2 Å². The molecule has 2 rings (SSSR count). The summed E-state index contributed by atoms with van der Waals surface area (Å²) in [5.74, 6) is 0.0656. The normalized spacial score (nSPS) is 12.1. The van der Waals surface area contributed by atoms with Crippen LogP contribution in [0.4, 0.5) is 0 Å². The molecule has 4 nitrogen and oxygen atoms in total. The van der Waals surface area contributed by atoms with Crippen LogP contribution in [0, 0.1) is 0 Å². The molecule has 1 amide bonds. The molecular formula is C15H18N2O2S. The Kier molecular flexibility index (Phi) is 5.15. The molecule has 5 heteroatoms. The summed E-state index contributed by atoms with van der Waals surface area (Å²) in [5, 5.41) is 16.1. The van der Waals surface area contributed by atoms with Crippen LogP contribution in [0.1, 0.15) is 11.1 Å². The maximum atomic E-state index is 11.9. The molecule has 20 heavy (non-hydrogen) atoms. The molecule has 2 aromatic rings. The molecule has 4 N–H and O–H groups in total. The highest BCUT2D eigenvalue weighted by Gasteiger charge is 2.13. The smallest absolute Gasteiger partial charge is 0.237 e. The lowest BCUT2D eigenvalue weighted by molar-refractivity contribution is -0.122. The Morgan fingerprint density at radius 3 is 2.65 bits per heavy atom. The minimum absolute atomic E-state index is 0.145. The minimum atomic E-state index is -0.568. The molecule has 0 spiro atoms. The van der Waals surface area contributed by atoms with E-state index in [1.54, 1.807) is 35.6 Å². The monoisotopic (exact) mass is 290 g/mol. The van der Waals surface area contributed by atoms with Crippen LogP contribution in [0.25, 0.3) is 0 Å². The van der Waals surface area contributed by atoms with Gasteiger partial charge in [-0.3, -0.25) is 4.79 Å². The molecule has 1 heterocycles. The van der Waals surface area contributed by atoms with Crippen molar-refractivity contribution in [2.24, 2.45) is 5.73 Å². The van der Waals surface area contributed by atoms with Crippen molar-refractivity contribution in [2.45, 2.75) is 18.9 Å². The van der Waals surface area contributed by atoms with E-state index in [2.05, 4.69) is 10.7 Å². The number of hydrogen-bond acceptors (Lipinski definition) is 4. The lowest BCUT2D eigenvalue weighted by Gasteiger charge is -2.12. The summed E-state index contributed by atoms with van der Waals surface area (Å²) in [6.45, 7) is 0.596. The molecule has 0 saturated carbocycles. The second kappa shape index (κ2) is 7.07. The van der Waals surface area contributed by atoms with Gasteiger partial charge < -0.3 is 16.2 Å². The summed E-state index contributed by atoms with van der Waals surface area (Å²) in [4.78, 5) is 11.9. The van der Waals surface area contributed by atoms with Crippen LogP contribution in [0.2, 0.25) is 0 Å². The van der Waals surface area contributed by atoms with Crippen LogP contribution >= 0.6 is 11.3 Å². The van der Waals surface area contributed by atoms with E-state index in [1.807, 2.05) is 11.4 Å². The van der Waals surface area contributed by atoms with Gasteiger partial charge in [0.15, 0.2) is 0 Å². The molecule has 0 aliphatic rings. The highest BCUT2D eigenvalue weighted by molar-refractivity contribution is 7.07. The van der Waals surface area contributed by atoms with Gasteiger partial charge >= 0.3 is 0 Å². The number of carbonyl (C=O) groups excluding carboxylic acids is 1. The number of phenolic OH excluding ortho intramolecular Hbond substituents is 1. The molecule has 1 atom stereocenters. The maximum Gasteiger partial charge on any atom is 0.237 e. The van der Waals surface area contributed by atoms with Gasteiger partial charge in [-0.25, -0.2) is 0 Å². The van der Waals surface area contributed by atoms with Gasteiger partial charge in [0.2, 0.25) is 5.91 Å². The second-order valence-electron chi connectivity index (χ2n) is 4.65. The van der Waals surface area contributed by atoms with Gasteiger partial charge in [0.1, 0.15) is 5.75 Å². The van der Waals surface area contributed by atoms with Crippen LogP contribution in [-0.4, -0.2) is 23.6 Å². The lowest BCUT2D eigenvalue weighted by atomic mass is 10.1. The average molecular weight is 290 g/mol. The molecule has 0 fully saturated rings. The van der Waals surface area contributed by atoms with Gasteiger partial charge in [-0.1, -0.05) is 12.1 Å². The van der Waals surface area contributed by atoms with Crippen molar-refractivity contribution in [3.05, 3.63) is 52.2 Å². The van der Waals surface area contributed by atoms with Crippen molar-refractivity contribution in [1.82, 2.24) is 5.32 Å². The van der Waals surface area contributed by atoms with Crippen molar-refractivity contribution in [3.8, 4) is 5.75 Å². The number of rotatable bonds is 6. The summed E-state index contributed by atoms with van der Waals surface area (Å²) in [5.41, 5.74) is 8.03. The molecule has 1 aromatic heterocycles. The predicted octanol–water partition coefficient (Wildman–Crippen LogP) is 1.68. The first-order chi connectivity index (χ1) is 9.65. The molecule has 0 unspecified atom stereocenters. The van der Waals surface area contributed by atoms with Crippen LogP contribution in [0.3, 0.4) is 0 Å². The van der Waals surface area contributed by atoms with E-state index in [9.17, 15) is 9.90 Å². The fourth-order valence-corrected chi connectivity index (χ4v) is 2.58. The summed E-state index contributed by atoms with van der Waals surface area (Å²) in [7, 11) is 0. The topological polar surface area (TPSA) is 75.3 Å². The number of phenols is 1. The van der Waals surface area contributed by atoms with E-state index in [0.717, 1.165) is 12.0 Å². The zero-order chi connectivity index (χ0) is 14.4. The van der Waals surface area contributed by atoms with Gasteiger partial charge in [0, 0.05) is 6.54 Å². The predicted molar refractivity (Wildman–Crippen MR) is 80.8 cm³/mol. The van der Waals surface area contributed by atoms with E-state index >= 15 is 0 Å². The van der Waals surface area contributed by atoms with Crippen molar-refractivity contribution < 1.29 is 9.90 Å². The Labute approximate surface area is 122 Å². The van der Waals surface area contributed by atoms with Crippen LogP contribution in [-0.2, 0) is 17.6 Å².